The number of hydrogen-bond acceptors (Lipinski definition) is 3. The molecule has 3 nitrogen and oxygen atoms in total. The minimum Gasteiger partial charge on any atom is -0.422 e. The van der Waals surface area contributed by atoms with Crippen LogP contribution >= 0.6 is 0 Å². The Bertz CT molecular complexity index is 773. The maximum Gasteiger partial charge on any atom is 0.344 e. The van der Waals surface area contributed by atoms with Gasteiger partial charge in [-0.2, -0.15) is 0 Å². The molecule has 0 radical (unpaired) electrons. The van der Waals surface area contributed by atoms with Gasteiger partial charge in [-0.1, -0.05) is 48.5 Å². The van der Waals surface area contributed by atoms with Gasteiger partial charge in [0, 0.05) is 10.9 Å². The fourth-order valence-corrected chi connectivity index (χ4v) is 2.27. The van der Waals surface area contributed by atoms with E-state index in [2.05, 4.69) is 0 Å². The minimum atomic E-state index is -0.422. The Morgan fingerprint density at radius 2 is 1.63 bits per heavy atom. The molecule has 0 aliphatic heterocycles. The van der Waals surface area contributed by atoms with Crippen LogP contribution in [0.4, 0.5) is 0 Å². The van der Waals surface area contributed by atoms with Crippen LogP contribution in [0.5, 0.6) is 0 Å². The van der Waals surface area contributed by atoms with E-state index in [-0.39, 0.29) is 6.61 Å². The van der Waals surface area contributed by atoms with Gasteiger partial charge in [-0.15, -0.1) is 0 Å². The molecule has 3 aromatic rings. The summed E-state index contributed by atoms with van der Waals surface area (Å²) in [5.41, 5.74) is 1.87. The van der Waals surface area contributed by atoms with Gasteiger partial charge in [0.05, 0.1) is 12.2 Å². The van der Waals surface area contributed by atoms with Gasteiger partial charge in [-0.25, -0.2) is 4.79 Å². The van der Waals surface area contributed by atoms with Crippen molar-refractivity contribution >= 4 is 11.0 Å². The van der Waals surface area contributed by atoms with Crippen molar-refractivity contribution in [3.8, 4) is 11.1 Å². The normalized spacial score (nSPS) is 10.8. The van der Waals surface area contributed by atoms with Crippen molar-refractivity contribution in [3.05, 3.63) is 70.6 Å². The van der Waals surface area contributed by atoms with Crippen molar-refractivity contribution in [1.29, 1.82) is 0 Å². The summed E-state index contributed by atoms with van der Waals surface area (Å²) < 4.78 is 5.32. The topological polar surface area (TPSA) is 50.4 Å². The van der Waals surface area contributed by atoms with Crippen LogP contribution in [-0.2, 0) is 6.61 Å². The number of benzene rings is 2. The van der Waals surface area contributed by atoms with Crippen LogP contribution in [0.3, 0.4) is 0 Å². The minimum absolute atomic E-state index is 0.198. The molecule has 0 saturated heterocycles. The maximum absolute atomic E-state index is 12.1. The van der Waals surface area contributed by atoms with Crippen molar-refractivity contribution < 1.29 is 9.52 Å². The van der Waals surface area contributed by atoms with E-state index in [0.717, 1.165) is 10.9 Å². The second-order valence-corrected chi connectivity index (χ2v) is 4.26. The van der Waals surface area contributed by atoms with Crippen molar-refractivity contribution in [2.45, 2.75) is 6.61 Å². The maximum atomic E-state index is 12.1. The lowest BCUT2D eigenvalue weighted by atomic mass is 9.99. The van der Waals surface area contributed by atoms with Crippen molar-refractivity contribution in [2.24, 2.45) is 0 Å². The zero-order valence-corrected chi connectivity index (χ0v) is 10.2. The second-order valence-electron chi connectivity index (χ2n) is 4.26. The number of rotatable bonds is 2. The summed E-state index contributed by atoms with van der Waals surface area (Å²) in [5, 5.41) is 10.4. The molecular formula is C16H12O3. The molecule has 0 aliphatic carbocycles. The lowest BCUT2D eigenvalue weighted by Crippen LogP contribution is -2.08. The first-order valence-corrected chi connectivity index (χ1v) is 6.02. The third-order valence-corrected chi connectivity index (χ3v) is 3.14. The van der Waals surface area contributed by atoms with Crippen LogP contribution in [-0.4, -0.2) is 5.11 Å². The van der Waals surface area contributed by atoms with Crippen LogP contribution in [0.1, 0.15) is 5.56 Å². The average Bonchev–Trinajstić information content (AvgIpc) is 2.46. The molecule has 3 rings (SSSR count). The summed E-state index contributed by atoms with van der Waals surface area (Å²) in [6.45, 7) is -0.198. The van der Waals surface area contributed by atoms with Crippen molar-refractivity contribution in [2.75, 3.05) is 0 Å². The van der Waals surface area contributed by atoms with Gasteiger partial charge in [0.2, 0.25) is 0 Å². The Morgan fingerprint density at radius 3 is 2.37 bits per heavy atom. The predicted molar refractivity (Wildman–Crippen MR) is 73.8 cm³/mol. The summed E-state index contributed by atoms with van der Waals surface area (Å²) >= 11 is 0. The molecule has 0 fully saturated rings. The van der Waals surface area contributed by atoms with E-state index in [9.17, 15) is 9.90 Å². The molecule has 19 heavy (non-hydrogen) atoms. The fraction of sp³-hybridized carbons (Fsp3) is 0.0625. The van der Waals surface area contributed by atoms with Gasteiger partial charge in [0.1, 0.15) is 5.58 Å². The molecule has 0 unspecified atom stereocenters. The SMILES string of the molecule is O=c1oc2ccccc2c(CO)c1-c1ccccc1. The highest BCUT2D eigenvalue weighted by Crippen LogP contribution is 2.26. The second kappa shape index (κ2) is 4.71. The Morgan fingerprint density at radius 1 is 0.947 bits per heavy atom. The summed E-state index contributed by atoms with van der Waals surface area (Å²) in [6, 6.07) is 16.5. The highest BCUT2D eigenvalue weighted by Gasteiger charge is 2.14. The Kier molecular flexibility index (Phi) is 2.89. The van der Waals surface area contributed by atoms with E-state index in [1.807, 2.05) is 42.5 Å². The summed E-state index contributed by atoms with van der Waals surface area (Å²) in [6.07, 6.45) is 0. The summed E-state index contributed by atoms with van der Waals surface area (Å²) in [4.78, 5) is 12.1. The van der Waals surface area contributed by atoms with Gasteiger partial charge in [-0.05, 0) is 11.6 Å². The molecule has 0 bridgehead atoms. The Balaban J connectivity index is 2.42. The third-order valence-electron chi connectivity index (χ3n) is 3.14. The van der Waals surface area contributed by atoms with Gasteiger partial charge >= 0.3 is 5.63 Å². The standard InChI is InChI=1S/C16H12O3/c17-10-13-12-8-4-5-9-14(12)19-16(18)15(13)11-6-2-1-3-7-11/h1-9,17H,10H2. The molecule has 0 saturated carbocycles. The number of fused-ring (bicyclic) bond motifs is 1. The fourth-order valence-electron chi connectivity index (χ4n) is 2.27. The predicted octanol–water partition coefficient (Wildman–Crippen LogP) is 2.95. The molecule has 0 atom stereocenters. The van der Waals surface area contributed by atoms with Gasteiger partial charge < -0.3 is 9.52 Å². The summed E-state index contributed by atoms with van der Waals surface area (Å²) in [7, 11) is 0. The zero-order valence-electron chi connectivity index (χ0n) is 10.2. The lowest BCUT2D eigenvalue weighted by molar-refractivity contribution is 0.283. The largest absolute Gasteiger partial charge is 0.422 e. The van der Waals surface area contributed by atoms with Crippen LogP contribution in [0.25, 0.3) is 22.1 Å². The first kappa shape index (κ1) is 11.7. The molecule has 2 aromatic carbocycles. The molecule has 0 aliphatic rings. The molecule has 0 amide bonds. The van der Waals surface area contributed by atoms with Gasteiger partial charge in [-0.3, -0.25) is 0 Å². The molecule has 1 N–H and O–H groups in total. The van der Waals surface area contributed by atoms with E-state index in [1.54, 1.807) is 12.1 Å². The van der Waals surface area contributed by atoms with Crippen LogP contribution < -0.4 is 5.63 Å². The Hall–Kier alpha value is -2.39. The van der Waals surface area contributed by atoms with Crippen molar-refractivity contribution in [1.82, 2.24) is 0 Å². The molecule has 1 heterocycles. The first-order chi connectivity index (χ1) is 9.31. The highest BCUT2D eigenvalue weighted by atomic mass is 16.4. The first-order valence-electron chi connectivity index (χ1n) is 6.02. The number of hydrogen-bond donors (Lipinski definition) is 1. The lowest BCUT2D eigenvalue weighted by Gasteiger charge is -2.09. The number of aliphatic hydroxyl groups is 1. The summed E-state index contributed by atoms with van der Waals surface area (Å²) in [5.74, 6) is 0. The molecule has 3 heteroatoms. The average molecular weight is 252 g/mol. The van der Waals surface area contributed by atoms with Crippen LogP contribution in [0, 0.1) is 0 Å². The van der Waals surface area contributed by atoms with E-state index >= 15 is 0 Å². The van der Waals surface area contributed by atoms with Gasteiger partial charge in [0.15, 0.2) is 0 Å². The third kappa shape index (κ3) is 1.94. The number of para-hydroxylation sites is 1. The van der Waals surface area contributed by atoms with Gasteiger partial charge in [0.25, 0.3) is 0 Å². The zero-order chi connectivity index (χ0) is 13.2. The molecule has 94 valence electrons. The quantitative estimate of drug-likeness (QED) is 0.713. The molecule has 0 spiro atoms. The molecule has 1 aromatic heterocycles. The van der Waals surface area contributed by atoms with Crippen LogP contribution in [0.2, 0.25) is 0 Å². The smallest absolute Gasteiger partial charge is 0.344 e. The van der Waals surface area contributed by atoms with Crippen molar-refractivity contribution in [3.63, 3.8) is 0 Å². The highest BCUT2D eigenvalue weighted by molar-refractivity contribution is 5.86. The van der Waals surface area contributed by atoms with E-state index in [1.165, 1.54) is 0 Å². The monoisotopic (exact) mass is 252 g/mol. The number of aliphatic hydroxyl groups excluding tert-OH is 1. The molecular weight excluding hydrogens is 240 g/mol. The van der Waals surface area contributed by atoms with Crippen LogP contribution in [0.15, 0.2) is 63.8 Å². The van der Waals surface area contributed by atoms with E-state index in [0.29, 0.717) is 16.7 Å². The Labute approximate surface area is 109 Å². The van der Waals surface area contributed by atoms with E-state index < -0.39 is 5.63 Å². The van der Waals surface area contributed by atoms with E-state index in [4.69, 9.17) is 4.42 Å².